The van der Waals surface area contributed by atoms with Gasteiger partial charge in [0, 0.05) is 20.2 Å². The number of phenols is 1. The van der Waals surface area contributed by atoms with Crippen LogP contribution in [0.3, 0.4) is 0 Å². The monoisotopic (exact) mass is 442 g/mol. The summed E-state index contributed by atoms with van der Waals surface area (Å²) < 4.78 is 13.2. The van der Waals surface area contributed by atoms with E-state index in [1.54, 1.807) is 13.2 Å². The van der Waals surface area contributed by atoms with Crippen LogP contribution in [0.2, 0.25) is 0 Å². The predicted molar refractivity (Wildman–Crippen MR) is 124 cm³/mol. The summed E-state index contributed by atoms with van der Waals surface area (Å²) in [5.74, 6) is 1.96. The summed E-state index contributed by atoms with van der Waals surface area (Å²) >= 11 is 5.45. The highest BCUT2D eigenvalue weighted by atomic mass is 32.1. The maximum atomic E-state index is 10.4. The van der Waals surface area contributed by atoms with E-state index in [9.17, 15) is 5.11 Å². The molecule has 0 bridgehead atoms. The van der Waals surface area contributed by atoms with Gasteiger partial charge in [-0.1, -0.05) is 32.0 Å². The molecule has 0 aliphatic heterocycles. The van der Waals surface area contributed by atoms with Gasteiger partial charge in [0.05, 0.1) is 18.7 Å². The molecule has 0 saturated carbocycles. The molecule has 0 atom stereocenters. The minimum atomic E-state index is 0.183. The van der Waals surface area contributed by atoms with Crippen LogP contribution in [0.5, 0.6) is 11.5 Å². The number of rotatable bonds is 11. The number of H-pyrrole nitrogens is 1. The number of aromatic hydroxyl groups is 1. The Morgan fingerprint density at radius 1 is 1.13 bits per heavy atom. The van der Waals surface area contributed by atoms with Crippen molar-refractivity contribution in [2.75, 3.05) is 33.4 Å². The first-order valence-corrected chi connectivity index (χ1v) is 10.8. The Kier molecular flexibility index (Phi) is 8.22. The number of benzene rings is 2. The van der Waals surface area contributed by atoms with Crippen LogP contribution < -0.4 is 10.1 Å². The van der Waals surface area contributed by atoms with Gasteiger partial charge in [0.2, 0.25) is 0 Å². The number of methoxy groups -OCH3 is 1. The number of ether oxygens (including phenoxy) is 2. The summed E-state index contributed by atoms with van der Waals surface area (Å²) in [5, 5.41) is 20.9. The van der Waals surface area contributed by atoms with Crippen LogP contribution in [0.25, 0.3) is 11.4 Å². The summed E-state index contributed by atoms with van der Waals surface area (Å²) in [7, 11) is 1.69. The summed E-state index contributed by atoms with van der Waals surface area (Å²) in [6.45, 7) is 7.62. The van der Waals surface area contributed by atoms with Crippen LogP contribution in [-0.4, -0.2) is 53.3 Å². The third-order valence-electron chi connectivity index (χ3n) is 4.98. The smallest absolute Gasteiger partial charge is 0.195 e. The summed E-state index contributed by atoms with van der Waals surface area (Å²) in [6, 6.07) is 13.5. The lowest BCUT2D eigenvalue weighted by molar-refractivity contribution is 0.197. The third-order valence-corrected chi connectivity index (χ3v) is 5.29. The van der Waals surface area contributed by atoms with Gasteiger partial charge in [-0.3, -0.25) is 9.67 Å². The van der Waals surface area contributed by atoms with E-state index >= 15 is 0 Å². The van der Waals surface area contributed by atoms with E-state index in [2.05, 4.69) is 29.4 Å². The van der Waals surface area contributed by atoms with Gasteiger partial charge in [-0.15, -0.1) is 0 Å². The first kappa shape index (κ1) is 23.0. The van der Waals surface area contributed by atoms with Crippen molar-refractivity contribution in [3.8, 4) is 22.9 Å². The normalized spacial score (nSPS) is 11.2. The standard InChI is InChI=1S/C23H30N4O3S/c1-16(2)18-6-9-21(28)20(14-18)22-25-26-23(31)27(22)15-17-4-7-19(8-5-17)30-13-11-24-10-12-29-3/h4-9,14,16,24,28H,10-13,15H2,1-3H3,(H,26,31). The summed E-state index contributed by atoms with van der Waals surface area (Å²) in [5.41, 5.74) is 2.86. The molecule has 3 aromatic rings. The zero-order chi connectivity index (χ0) is 22.2. The lowest BCUT2D eigenvalue weighted by Crippen LogP contribution is -2.24. The van der Waals surface area contributed by atoms with Gasteiger partial charge in [0.25, 0.3) is 0 Å². The van der Waals surface area contributed by atoms with Gasteiger partial charge in [-0.2, -0.15) is 5.10 Å². The number of hydrogen-bond acceptors (Lipinski definition) is 6. The molecule has 0 fully saturated rings. The number of nitrogens with one attached hydrogen (secondary N) is 2. The highest BCUT2D eigenvalue weighted by Crippen LogP contribution is 2.31. The van der Waals surface area contributed by atoms with Crippen molar-refractivity contribution in [3.63, 3.8) is 0 Å². The fourth-order valence-electron chi connectivity index (χ4n) is 3.18. The SMILES string of the molecule is COCCNCCOc1ccc(Cn2c(-c3cc(C(C)C)ccc3O)n[nH]c2=S)cc1. The molecular weight excluding hydrogens is 412 g/mol. The van der Waals surface area contributed by atoms with Gasteiger partial charge in [-0.25, -0.2) is 0 Å². The zero-order valence-corrected chi connectivity index (χ0v) is 19.0. The van der Waals surface area contributed by atoms with E-state index < -0.39 is 0 Å². The number of nitrogens with zero attached hydrogens (tertiary/aromatic N) is 2. The van der Waals surface area contributed by atoms with Crippen LogP contribution >= 0.6 is 12.2 Å². The summed E-state index contributed by atoms with van der Waals surface area (Å²) in [6.07, 6.45) is 0. The van der Waals surface area contributed by atoms with Crippen LogP contribution in [0.1, 0.15) is 30.9 Å². The number of aromatic nitrogens is 3. The molecule has 31 heavy (non-hydrogen) atoms. The fourth-order valence-corrected chi connectivity index (χ4v) is 3.37. The van der Waals surface area contributed by atoms with E-state index in [1.807, 2.05) is 41.0 Å². The van der Waals surface area contributed by atoms with E-state index in [-0.39, 0.29) is 5.75 Å². The highest BCUT2D eigenvalue weighted by Gasteiger charge is 2.15. The maximum absolute atomic E-state index is 10.4. The second kappa shape index (κ2) is 11.1. The topological polar surface area (TPSA) is 84.3 Å². The van der Waals surface area contributed by atoms with Crippen LogP contribution in [-0.2, 0) is 11.3 Å². The Morgan fingerprint density at radius 2 is 1.87 bits per heavy atom. The Labute approximate surface area is 188 Å². The first-order valence-electron chi connectivity index (χ1n) is 10.4. The van der Waals surface area contributed by atoms with Crippen LogP contribution in [0, 0.1) is 4.77 Å². The molecule has 3 rings (SSSR count). The minimum absolute atomic E-state index is 0.183. The predicted octanol–water partition coefficient (Wildman–Crippen LogP) is 4.10. The molecule has 0 aliphatic rings. The highest BCUT2D eigenvalue weighted by molar-refractivity contribution is 7.71. The molecule has 2 aromatic carbocycles. The minimum Gasteiger partial charge on any atom is -0.507 e. The molecule has 0 amide bonds. The van der Waals surface area contributed by atoms with Crippen molar-refractivity contribution >= 4 is 12.2 Å². The van der Waals surface area contributed by atoms with Crippen molar-refractivity contribution in [1.29, 1.82) is 0 Å². The van der Waals surface area contributed by atoms with Crippen molar-refractivity contribution in [3.05, 3.63) is 58.4 Å². The van der Waals surface area contributed by atoms with Gasteiger partial charge in [0.1, 0.15) is 18.1 Å². The first-order chi connectivity index (χ1) is 15.0. The van der Waals surface area contributed by atoms with E-state index in [0.717, 1.165) is 30.0 Å². The molecular formula is C23H30N4O3S. The Bertz CT molecular complexity index is 1030. The van der Waals surface area contributed by atoms with Gasteiger partial charge >= 0.3 is 0 Å². The van der Waals surface area contributed by atoms with Crippen LogP contribution in [0.15, 0.2) is 42.5 Å². The van der Waals surface area contributed by atoms with E-state index in [0.29, 0.717) is 41.8 Å². The van der Waals surface area contributed by atoms with Gasteiger partial charge < -0.3 is 19.9 Å². The number of hydrogen-bond donors (Lipinski definition) is 3. The van der Waals surface area contributed by atoms with Crippen molar-refractivity contribution in [1.82, 2.24) is 20.1 Å². The van der Waals surface area contributed by atoms with Crippen LogP contribution in [0.4, 0.5) is 0 Å². The van der Waals surface area contributed by atoms with E-state index in [1.165, 1.54) is 0 Å². The van der Waals surface area contributed by atoms with Gasteiger partial charge in [0.15, 0.2) is 10.6 Å². The molecule has 0 radical (unpaired) electrons. The quantitative estimate of drug-likeness (QED) is 0.306. The summed E-state index contributed by atoms with van der Waals surface area (Å²) in [4.78, 5) is 0. The molecule has 0 unspecified atom stereocenters. The molecule has 166 valence electrons. The Balaban J connectivity index is 1.70. The number of aromatic amines is 1. The molecule has 1 heterocycles. The molecule has 8 heteroatoms. The number of phenolic OH excluding ortho intramolecular Hbond substituents is 1. The molecule has 3 N–H and O–H groups in total. The second-order valence-electron chi connectivity index (χ2n) is 7.61. The average Bonchev–Trinajstić information content (AvgIpc) is 3.12. The largest absolute Gasteiger partial charge is 0.507 e. The Hall–Kier alpha value is -2.68. The Morgan fingerprint density at radius 3 is 2.58 bits per heavy atom. The maximum Gasteiger partial charge on any atom is 0.195 e. The van der Waals surface area contributed by atoms with Gasteiger partial charge in [-0.05, 0) is 53.5 Å². The van der Waals surface area contributed by atoms with Crippen molar-refractivity contribution in [2.24, 2.45) is 0 Å². The second-order valence-corrected chi connectivity index (χ2v) is 7.99. The van der Waals surface area contributed by atoms with E-state index in [4.69, 9.17) is 21.7 Å². The third kappa shape index (κ3) is 6.16. The lowest BCUT2D eigenvalue weighted by atomic mass is 10.00. The average molecular weight is 443 g/mol. The molecule has 1 aromatic heterocycles. The lowest BCUT2D eigenvalue weighted by Gasteiger charge is -2.12. The fraction of sp³-hybridized carbons (Fsp3) is 0.391. The molecule has 0 spiro atoms. The molecule has 0 saturated heterocycles. The molecule has 7 nitrogen and oxygen atoms in total. The van der Waals surface area contributed by atoms with Crippen molar-refractivity contribution < 1.29 is 14.6 Å². The molecule has 0 aliphatic carbocycles. The zero-order valence-electron chi connectivity index (χ0n) is 18.2. The van der Waals surface area contributed by atoms with Crippen molar-refractivity contribution in [2.45, 2.75) is 26.3 Å².